The van der Waals surface area contributed by atoms with Crippen LogP contribution >= 0.6 is 11.8 Å². The van der Waals surface area contributed by atoms with Crippen molar-refractivity contribution in [3.05, 3.63) is 90.1 Å². The molecule has 13 N–H and O–H groups in total. The first-order valence-corrected chi connectivity index (χ1v) is 34.6. The van der Waals surface area contributed by atoms with Gasteiger partial charge in [0.1, 0.15) is 66.5 Å². The predicted molar refractivity (Wildman–Crippen MR) is 359 cm³/mol. The van der Waals surface area contributed by atoms with Crippen LogP contribution in [0.4, 0.5) is 0 Å². The zero-order chi connectivity index (χ0) is 69.9. The van der Waals surface area contributed by atoms with Crippen LogP contribution in [-0.4, -0.2) is 210 Å². The average Bonchev–Trinajstić information content (AvgIpc) is 1.60. The fraction of sp³-hybridized carbons (Fsp3) is 0.567. The molecule has 7 rings (SSSR count). The molecule has 12 atom stereocenters. The number of fused-ring (bicyclic) bond motifs is 1. The van der Waals surface area contributed by atoms with Gasteiger partial charge in [0.05, 0.1) is 12.9 Å². The molecule has 11 amide bonds. The number of hydrogen-bond acceptors (Lipinski definition) is 15. The van der Waals surface area contributed by atoms with Crippen molar-refractivity contribution < 1.29 is 62.6 Å². The molecular formula is C67H95N15O13S. The normalized spacial score (nSPS) is 19.0. The van der Waals surface area contributed by atoms with Gasteiger partial charge in [-0.05, 0) is 98.8 Å². The van der Waals surface area contributed by atoms with E-state index in [-0.39, 0.29) is 77.0 Å². The monoisotopic (exact) mass is 1350 g/mol. The maximum Gasteiger partial charge on any atom is 0.326 e. The highest BCUT2D eigenvalue weighted by Gasteiger charge is 2.46. The van der Waals surface area contributed by atoms with E-state index in [4.69, 9.17) is 5.73 Å². The lowest BCUT2D eigenvalue weighted by molar-refractivity contribution is -0.148. The zero-order valence-electron chi connectivity index (χ0n) is 55.9. The molecule has 2 aromatic carbocycles. The number of imidazole rings is 1. The van der Waals surface area contributed by atoms with Gasteiger partial charge >= 0.3 is 5.97 Å². The molecule has 4 aromatic rings. The summed E-state index contributed by atoms with van der Waals surface area (Å²) in [5.41, 5.74) is 8.20. The highest BCUT2D eigenvalue weighted by Crippen LogP contribution is 2.28. The Hall–Kier alpha value is -8.86. The topological polar surface area (TPSA) is 402 Å². The maximum absolute atomic E-state index is 15.1. The van der Waals surface area contributed by atoms with Crippen molar-refractivity contribution in [1.29, 1.82) is 0 Å². The van der Waals surface area contributed by atoms with E-state index in [1.807, 2.05) is 37.4 Å². The first-order chi connectivity index (χ1) is 45.8. The first kappa shape index (κ1) is 74.5. The van der Waals surface area contributed by atoms with Gasteiger partial charge in [-0.25, -0.2) is 9.78 Å². The van der Waals surface area contributed by atoms with Crippen LogP contribution in [-0.2, 0) is 76.8 Å². The molecule has 28 nitrogen and oxygen atoms in total. The number of aromatic nitrogens is 3. The van der Waals surface area contributed by atoms with Crippen molar-refractivity contribution >= 4 is 93.6 Å². The Kier molecular flexibility index (Phi) is 27.3. The largest absolute Gasteiger partial charge is 0.480 e. The summed E-state index contributed by atoms with van der Waals surface area (Å²) in [6.07, 6.45) is 9.05. The van der Waals surface area contributed by atoms with Crippen molar-refractivity contribution in [2.75, 3.05) is 38.2 Å². The lowest BCUT2D eigenvalue weighted by Gasteiger charge is -2.34. The lowest BCUT2D eigenvalue weighted by atomic mass is 9.97. The van der Waals surface area contributed by atoms with Crippen LogP contribution in [0.15, 0.2) is 73.3 Å². The molecule has 0 spiro atoms. The second-order valence-corrected chi connectivity index (χ2v) is 26.8. The van der Waals surface area contributed by atoms with Gasteiger partial charge in [0, 0.05) is 67.9 Å². The predicted octanol–water partition coefficient (Wildman–Crippen LogP) is 0.945. The van der Waals surface area contributed by atoms with Crippen LogP contribution in [0, 0.1) is 17.8 Å². The van der Waals surface area contributed by atoms with Gasteiger partial charge in [0.15, 0.2) is 0 Å². The van der Waals surface area contributed by atoms with E-state index in [2.05, 4.69) is 57.5 Å². The van der Waals surface area contributed by atoms with Gasteiger partial charge in [-0.3, -0.25) is 52.7 Å². The molecule has 3 fully saturated rings. The van der Waals surface area contributed by atoms with Crippen LogP contribution in [0.3, 0.4) is 0 Å². The zero-order valence-corrected chi connectivity index (χ0v) is 56.8. The Morgan fingerprint density at radius 3 is 1.79 bits per heavy atom. The molecular weight excluding hydrogens is 1250 g/mol. The number of rotatable bonds is 33. The summed E-state index contributed by atoms with van der Waals surface area (Å²) in [6, 6.07) is 3.44. The van der Waals surface area contributed by atoms with Gasteiger partial charge in [0.25, 0.3) is 0 Å². The minimum atomic E-state index is -1.31. The number of H-pyrrole nitrogens is 2. The summed E-state index contributed by atoms with van der Waals surface area (Å²) in [5.74, 6) is -9.12. The van der Waals surface area contributed by atoms with Gasteiger partial charge < -0.3 is 78.0 Å². The summed E-state index contributed by atoms with van der Waals surface area (Å²) in [5, 5.41) is 32.7. The minimum absolute atomic E-state index is 0.00607. The van der Waals surface area contributed by atoms with E-state index >= 15 is 9.59 Å². The number of para-hydroxylation sites is 1. The number of carbonyl (C=O) groups excluding carboxylic acids is 11. The van der Waals surface area contributed by atoms with Crippen molar-refractivity contribution in [2.45, 2.75) is 186 Å². The van der Waals surface area contributed by atoms with Crippen LogP contribution in [0.2, 0.25) is 0 Å². The van der Waals surface area contributed by atoms with E-state index in [0.717, 1.165) is 10.9 Å². The van der Waals surface area contributed by atoms with E-state index in [1.54, 1.807) is 71.1 Å². The number of aliphatic carboxylic acids is 1. The van der Waals surface area contributed by atoms with E-state index < -0.39 is 149 Å². The molecule has 3 aliphatic rings. The number of carboxylic acid groups (broad SMARTS) is 1. The molecule has 0 unspecified atom stereocenters. The molecule has 522 valence electrons. The SMILES string of the molecule is CC[C@H](C)[C@H](NC(=O)CN)C(=O)N[C@@H](Cc1cnc[nH]1)C(=O)N[C@H](C(=O)N1CCC[C@H]1C(=O)N[C@@H](Cc1c[nH]c2ccccc12)C(=O)N[C@@H](CCSC)C(=O)N1CCC[C@H]1C(=O)N1CCC[C@H]1C(=O)N[C@H](C(=O)N[C@@H](C)C(=O)N[C@@H](Cc1ccccc1)C(=O)O)C(C)C)C(C)C. The standard InChI is InChI=1S/C67H95N15O13S/c1-9-39(6)56(77-53(83)33-68)63(90)75-48(32-43-35-69-36-71-43)59(86)79-55(38(4)5)66(93)81-27-16-22-50(81)60(87)74-47(31-42-34-70-45-21-14-13-20-44(42)45)58(85)73-46(25-29-96-8)64(91)82-28-17-24-52(82)65(92)80-26-15-23-51(80)61(88)78-54(37(2)3)62(89)72-40(7)57(84)76-49(67(94)95)30-41-18-11-10-12-19-41/h10-14,18-21,34-40,46-52,54-56,70H,9,15-17,22-33,68H2,1-8H3,(H,69,71)(H,72,89)(H,73,85)(H,74,87)(H,75,90)(H,76,84)(H,77,83)(H,78,88)(H,79,86)(H,94,95)/t39-,40-,46-,47-,48-,49-,50-,51-,52-,54-,55-,56-/m0/s1. The quantitative estimate of drug-likeness (QED) is 0.0316. The molecule has 5 heterocycles. The highest BCUT2D eigenvalue weighted by molar-refractivity contribution is 7.98. The van der Waals surface area contributed by atoms with Gasteiger partial charge in [-0.1, -0.05) is 96.5 Å². The molecule has 29 heteroatoms. The lowest BCUT2D eigenvalue weighted by Crippen LogP contribution is -2.61. The number of likely N-dealkylation sites (tertiary alicyclic amines) is 3. The Bertz CT molecular complexity index is 3390. The average molecular weight is 1350 g/mol. The minimum Gasteiger partial charge on any atom is -0.480 e. The number of hydrogen-bond donors (Lipinski definition) is 12. The third-order valence-corrected chi connectivity index (χ3v) is 18.8. The Morgan fingerprint density at radius 2 is 1.17 bits per heavy atom. The van der Waals surface area contributed by atoms with Crippen molar-refractivity contribution in [2.24, 2.45) is 23.5 Å². The van der Waals surface area contributed by atoms with Gasteiger partial charge in [-0.15, -0.1) is 0 Å². The number of amides is 11. The van der Waals surface area contributed by atoms with Crippen molar-refractivity contribution in [3.8, 4) is 0 Å². The number of thioether (sulfide) groups is 1. The number of nitrogens with two attached hydrogens (primary N) is 1. The molecule has 0 aliphatic carbocycles. The summed E-state index contributed by atoms with van der Waals surface area (Å²) in [7, 11) is 0. The van der Waals surface area contributed by atoms with Crippen molar-refractivity contribution in [3.63, 3.8) is 0 Å². The molecule has 96 heavy (non-hydrogen) atoms. The van der Waals surface area contributed by atoms with Crippen LogP contribution in [0.1, 0.15) is 117 Å². The Labute approximate surface area is 563 Å². The summed E-state index contributed by atoms with van der Waals surface area (Å²) in [6.45, 7) is 12.0. The Balaban J connectivity index is 1.04. The third-order valence-electron chi connectivity index (χ3n) is 18.2. The fourth-order valence-electron chi connectivity index (χ4n) is 12.5. The van der Waals surface area contributed by atoms with Crippen LogP contribution in [0.25, 0.3) is 10.9 Å². The van der Waals surface area contributed by atoms with Gasteiger partial charge in [-0.2, -0.15) is 11.8 Å². The number of nitrogens with zero attached hydrogens (tertiary/aromatic N) is 4. The molecule has 0 saturated carbocycles. The first-order valence-electron chi connectivity index (χ1n) is 33.2. The maximum atomic E-state index is 15.1. The molecule has 3 saturated heterocycles. The highest BCUT2D eigenvalue weighted by atomic mass is 32.2. The molecule has 0 bridgehead atoms. The number of nitrogens with one attached hydrogen (secondary N) is 10. The van der Waals surface area contributed by atoms with Crippen molar-refractivity contribution in [1.82, 2.24) is 72.2 Å². The molecule has 2 aromatic heterocycles. The third kappa shape index (κ3) is 19.4. The molecule has 0 radical (unpaired) electrons. The van der Waals surface area contributed by atoms with E-state index in [9.17, 15) is 53.1 Å². The number of carboxylic acids is 1. The fourth-order valence-corrected chi connectivity index (χ4v) is 13.0. The number of benzene rings is 2. The van der Waals surface area contributed by atoms with Crippen LogP contribution < -0.4 is 48.3 Å². The van der Waals surface area contributed by atoms with Crippen LogP contribution in [0.5, 0.6) is 0 Å². The molecule has 3 aliphatic heterocycles. The number of aromatic amines is 2. The second kappa shape index (κ2) is 35.2. The van der Waals surface area contributed by atoms with E-state index in [1.165, 1.54) is 45.9 Å². The second-order valence-electron chi connectivity index (χ2n) is 25.8. The number of carbonyl (C=O) groups is 12. The summed E-state index contributed by atoms with van der Waals surface area (Å²) < 4.78 is 0. The smallest absolute Gasteiger partial charge is 0.326 e. The summed E-state index contributed by atoms with van der Waals surface area (Å²) in [4.78, 5) is 183. The Morgan fingerprint density at radius 1 is 0.594 bits per heavy atom. The van der Waals surface area contributed by atoms with E-state index in [0.29, 0.717) is 48.3 Å². The van der Waals surface area contributed by atoms with Gasteiger partial charge in [0.2, 0.25) is 65.0 Å². The summed E-state index contributed by atoms with van der Waals surface area (Å²) >= 11 is 1.44.